The molecule has 5 nitrogen and oxygen atoms in total. The van der Waals surface area contributed by atoms with E-state index < -0.39 is 6.17 Å². The van der Waals surface area contributed by atoms with Crippen molar-refractivity contribution < 1.29 is 18.7 Å². The molecule has 3 fully saturated rings. The van der Waals surface area contributed by atoms with E-state index in [2.05, 4.69) is 17.6 Å². The highest BCUT2D eigenvalue weighted by Crippen LogP contribution is 2.31. The monoisotopic (exact) mass is 412 g/mol. The van der Waals surface area contributed by atoms with Crippen LogP contribution in [0.25, 0.3) is 0 Å². The normalized spacial score (nSPS) is 35.9. The molecular formula is C23H41FN2O3. The number of hydrogen-bond donors (Lipinski definition) is 2. The molecule has 3 rings (SSSR count). The van der Waals surface area contributed by atoms with Gasteiger partial charge in [-0.1, -0.05) is 26.2 Å². The number of ether oxygens (including phenoxy) is 2. The van der Waals surface area contributed by atoms with Crippen LogP contribution in [0, 0.1) is 11.8 Å². The molecule has 2 N–H and O–H groups in total. The Labute approximate surface area is 175 Å². The Bertz CT molecular complexity index is 469. The fourth-order valence-corrected chi connectivity index (χ4v) is 4.98. The summed E-state index contributed by atoms with van der Waals surface area (Å²) in [6, 6.07) is 0. The van der Waals surface area contributed by atoms with Crippen LogP contribution in [0.15, 0.2) is 0 Å². The highest BCUT2D eigenvalue weighted by atomic mass is 19.1. The summed E-state index contributed by atoms with van der Waals surface area (Å²) in [5, 5.41) is 7.25. The third-order valence-corrected chi connectivity index (χ3v) is 6.95. The van der Waals surface area contributed by atoms with Crippen molar-refractivity contribution in [3.63, 3.8) is 0 Å². The van der Waals surface area contributed by atoms with Crippen LogP contribution in [0.3, 0.4) is 0 Å². The predicted octanol–water partition coefficient (Wildman–Crippen LogP) is 4.10. The summed E-state index contributed by atoms with van der Waals surface area (Å²) in [5.41, 5.74) is 0. The first-order valence-corrected chi connectivity index (χ1v) is 12.1. The van der Waals surface area contributed by atoms with E-state index in [0.717, 1.165) is 51.8 Å². The fraction of sp³-hybridized carbons (Fsp3) is 0.957. The number of unbranched alkanes of at least 4 members (excludes halogenated alkanes) is 3. The molecule has 0 aromatic carbocycles. The molecule has 3 aliphatic rings. The maximum Gasteiger partial charge on any atom is 0.309 e. The number of carbonyl (C=O) groups excluding carboxylic acids is 1. The van der Waals surface area contributed by atoms with Gasteiger partial charge in [-0.2, -0.15) is 0 Å². The number of nitrogens with one attached hydrogen (secondary N) is 2. The topological polar surface area (TPSA) is 59.6 Å². The van der Waals surface area contributed by atoms with Gasteiger partial charge in [0.2, 0.25) is 0 Å². The molecular weight excluding hydrogens is 371 g/mol. The minimum Gasteiger partial charge on any atom is -0.462 e. The van der Waals surface area contributed by atoms with Gasteiger partial charge in [-0.15, -0.1) is 0 Å². The number of halogens is 1. The smallest absolute Gasteiger partial charge is 0.309 e. The van der Waals surface area contributed by atoms with Gasteiger partial charge in [0.25, 0.3) is 0 Å². The first kappa shape index (κ1) is 23.0. The lowest BCUT2D eigenvalue weighted by Gasteiger charge is -2.39. The van der Waals surface area contributed by atoms with Crippen LogP contribution in [0.2, 0.25) is 0 Å². The quantitative estimate of drug-likeness (QED) is 0.441. The SMILES string of the molecule is CCCCCCOC1CNC(C2CCC(OC(=O)C3CCC(F)CC3)CC2)NC1. The van der Waals surface area contributed by atoms with E-state index >= 15 is 0 Å². The van der Waals surface area contributed by atoms with Crippen LogP contribution in [0.4, 0.5) is 4.39 Å². The highest BCUT2D eigenvalue weighted by molar-refractivity contribution is 5.72. The van der Waals surface area contributed by atoms with Crippen LogP contribution in [0.1, 0.15) is 84.0 Å². The Morgan fingerprint density at radius 1 is 0.897 bits per heavy atom. The first-order valence-electron chi connectivity index (χ1n) is 12.1. The Kier molecular flexibility index (Phi) is 9.67. The van der Waals surface area contributed by atoms with Crippen molar-refractivity contribution >= 4 is 5.97 Å². The number of esters is 1. The Balaban J connectivity index is 1.28. The van der Waals surface area contributed by atoms with Crippen molar-refractivity contribution in [3.05, 3.63) is 0 Å². The average molecular weight is 413 g/mol. The Morgan fingerprint density at radius 3 is 2.24 bits per heavy atom. The van der Waals surface area contributed by atoms with E-state index in [0.29, 0.717) is 37.8 Å². The lowest BCUT2D eigenvalue weighted by molar-refractivity contribution is -0.157. The van der Waals surface area contributed by atoms with Gasteiger partial charge in [-0.3, -0.25) is 15.4 Å². The van der Waals surface area contributed by atoms with E-state index in [1.807, 2.05) is 0 Å². The van der Waals surface area contributed by atoms with Crippen molar-refractivity contribution in [2.45, 2.75) is 109 Å². The van der Waals surface area contributed by atoms with Gasteiger partial charge in [0.1, 0.15) is 12.3 Å². The zero-order chi connectivity index (χ0) is 20.5. The van der Waals surface area contributed by atoms with Gasteiger partial charge in [0.15, 0.2) is 0 Å². The van der Waals surface area contributed by atoms with Crippen molar-refractivity contribution in [2.24, 2.45) is 11.8 Å². The molecule has 0 aromatic rings. The molecule has 29 heavy (non-hydrogen) atoms. The third-order valence-electron chi connectivity index (χ3n) is 6.95. The minimum absolute atomic E-state index is 0.0460. The van der Waals surface area contributed by atoms with Crippen LogP contribution < -0.4 is 10.6 Å². The van der Waals surface area contributed by atoms with Crippen molar-refractivity contribution in [1.29, 1.82) is 0 Å². The molecule has 6 heteroatoms. The van der Waals surface area contributed by atoms with Gasteiger partial charge < -0.3 is 9.47 Å². The molecule has 0 aromatic heterocycles. The third kappa shape index (κ3) is 7.48. The summed E-state index contributed by atoms with van der Waals surface area (Å²) < 4.78 is 25.0. The van der Waals surface area contributed by atoms with Crippen LogP contribution in [0.5, 0.6) is 0 Å². The highest BCUT2D eigenvalue weighted by Gasteiger charge is 2.33. The Hall–Kier alpha value is -0.720. The summed E-state index contributed by atoms with van der Waals surface area (Å²) in [4.78, 5) is 12.4. The summed E-state index contributed by atoms with van der Waals surface area (Å²) in [7, 11) is 0. The molecule has 0 amide bonds. The summed E-state index contributed by atoms with van der Waals surface area (Å²) >= 11 is 0. The van der Waals surface area contributed by atoms with Crippen LogP contribution in [-0.2, 0) is 14.3 Å². The molecule has 168 valence electrons. The zero-order valence-electron chi connectivity index (χ0n) is 18.2. The van der Waals surface area contributed by atoms with Gasteiger partial charge in [-0.05, 0) is 63.7 Å². The molecule has 0 bridgehead atoms. The lowest BCUT2D eigenvalue weighted by Crippen LogP contribution is -2.59. The lowest BCUT2D eigenvalue weighted by atomic mass is 9.84. The van der Waals surface area contributed by atoms with Crippen LogP contribution >= 0.6 is 0 Å². The Morgan fingerprint density at radius 2 is 1.59 bits per heavy atom. The van der Waals surface area contributed by atoms with E-state index in [4.69, 9.17) is 9.47 Å². The maximum atomic E-state index is 13.3. The average Bonchev–Trinajstić information content (AvgIpc) is 2.75. The minimum atomic E-state index is -0.726. The fourth-order valence-electron chi connectivity index (χ4n) is 4.98. The van der Waals surface area contributed by atoms with Crippen molar-refractivity contribution in [3.8, 4) is 0 Å². The van der Waals surface area contributed by atoms with Gasteiger partial charge in [-0.25, -0.2) is 4.39 Å². The number of carbonyl (C=O) groups is 1. The zero-order valence-corrected chi connectivity index (χ0v) is 18.2. The van der Waals surface area contributed by atoms with Gasteiger partial charge >= 0.3 is 5.97 Å². The second kappa shape index (κ2) is 12.2. The molecule has 1 aliphatic heterocycles. The van der Waals surface area contributed by atoms with Crippen LogP contribution in [-0.4, -0.2) is 50.2 Å². The summed E-state index contributed by atoms with van der Waals surface area (Å²) in [6.45, 7) is 4.92. The molecule has 1 saturated heterocycles. The second-order valence-corrected chi connectivity index (χ2v) is 9.27. The van der Waals surface area contributed by atoms with E-state index in [-0.39, 0.29) is 24.1 Å². The molecule has 2 saturated carbocycles. The maximum absolute atomic E-state index is 13.3. The molecule has 2 aliphatic carbocycles. The van der Waals surface area contributed by atoms with Gasteiger partial charge in [0.05, 0.1) is 18.2 Å². The van der Waals surface area contributed by atoms with Crippen molar-refractivity contribution in [2.75, 3.05) is 19.7 Å². The molecule has 0 radical (unpaired) electrons. The summed E-state index contributed by atoms with van der Waals surface area (Å²) in [6.07, 6.45) is 11.2. The number of hydrogen-bond acceptors (Lipinski definition) is 5. The first-order chi connectivity index (χ1) is 14.2. The largest absolute Gasteiger partial charge is 0.462 e. The number of rotatable bonds is 9. The predicted molar refractivity (Wildman–Crippen MR) is 112 cm³/mol. The molecule has 0 spiro atoms. The second-order valence-electron chi connectivity index (χ2n) is 9.27. The summed E-state index contributed by atoms with van der Waals surface area (Å²) in [5.74, 6) is 0.408. The van der Waals surface area contributed by atoms with Gasteiger partial charge in [0, 0.05) is 19.7 Å². The molecule has 1 heterocycles. The van der Waals surface area contributed by atoms with Crippen molar-refractivity contribution in [1.82, 2.24) is 10.6 Å². The molecule has 0 unspecified atom stereocenters. The van der Waals surface area contributed by atoms with E-state index in [1.54, 1.807) is 0 Å². The standard InChI is InChI=1S/C23H41FN2O3/c1-2-3-4-5-14-28-21-15-25-22(26-16-21)17-8-12-20(13-9-17)29-23(27)18-6-10-19(24)11-7-18/h17-22,25-26H,2-16H2,1H3. The molecule has 0 atom stereocenters. The van der Waals surface area contributed by atoms with E-state index in [1.165, 1.54) is 19.3 Å². The number of alkyl halides is 1. The van der Waals surface area contributed by atoms with E-state index in [9.17, 15) is 9.18 Å².